The van der Waals surface area contributed by atoms with Crippen molar-refractivity contribution < 1.29 is 17.6 Å². The van der Waals surface area contributed by atoms with Crippen molar-refractivity contribution in [1.82, 2.24) is 10.0 Å². The highest BCUT2D eigenvalue weighted by molar-refractivity contribution is 7.89. The molecule has 1 atom stereocenters. The van der Waals surface area contributed by atoms with Gasteiger partial charge in [0.15, 0.2) is 0 Å². The van der Waals surface area contributed by atoms with E-state index in [0.29, 0.717) is 6.54 Å². The summed E-state index contributed by atoms with van der Waals surface area (Å²) in [5.74, 6) is -0.966. The van der Waals surface area contributed by atoms with Gasteiger partial charge in [-0.15, -0.1) is 0 Å². The van der Waals surface area contributed by atoms with Crippen LogP contribution in [0.25, 0.3) is 11.1 Å². The number of sulfonamides is 1. The van der Waals surface area contributed by atoms with E-state index >= 15 is 0 Å². The van der Waals surface area contributed by atoms with Gasteiger partial charge in [0.25, 0.3) is 0 Å². The predicted octanol–water partition coefficient (Wildman–Crippen LogP) is 4.11. The summed E-state index contributed by atoms with van der Waals surface area (Å²) in [4.78, 5) is 12.7. The highest BCUT2D eigenvalue weighted by atomic mass is 32.2. The number of hydrogen-bond donors (Lipinski definition) is 2. The summed E-state index contributed by atoms with van der Waals surface area (Å²) in [6.07, 6.45) is 0. The average Bonchev–Trinajstić information content (AvgIpc) is 2.77. The lowest BCUT2D eigenvalue weighted by Gasteiger charge is -2.22. The number of amides is 1. The molecule has 0 spiro atoms. The van der Waals surface area contributed by atoms with Gasteiger partial charge >= 0.3 is 0 Å². The molecule has 0 fully saturated rings. The Morgan fingerprint density at radius 2 is 1.42 bits per heavy atom. The van der Waals surface area contributed by atoms with Gasteiger partial charge in [-0.2, -0.15) is 4.72 Å². The Labute approximate surface area is 182 Å². The Balaban J connectivity index is 1.71. The quantitative estimate of drug-likeness (QED) is 0.554. The topological polar surface area (TPSA) is 75.3 Å². The Morgan fingerprint density at radius 1 is 0.871 bits per heavy atom. The first-order valence-electron chi connectivity index (χ1n) is 9.96. The van der Waals surface area contributed by atoms with Crippen LogP contribution in [-0.4, -0.2) is 20.4 Å². The molecule has 0 aliphatic carbocycles. The van der Waals surface area contributed by atoms with E-state index in [9.17, 15) is 17.6 Å². The lowest BCUT2D eigenvalue weighted by Crippen LogP contribution is -2.49. The minimum absolute atomic E-state index is 0.0554. The zero-order valence-electron chi connectivity index (χ0n) is 17.4. The smallest absolute Gasteiger partial charge is 0.241 e. The predicted molar refractivity (Wildman–Crippen MR) is 119 cm³/mol. The minimum atomic E-state index is -3.91. The van der Waals surface area contributed by atoms with Gasteiger partial charge in [0.2, 0.25) is 15.9 Å². The Hall–Kier alpha value is -3.03. The molecule has 0 unspecified atom stereocenters. The second kappa shape index (κ2) is 9.85. The van der Waals surface area contributed by atoms with Gasteiger partial charge in [-0.25, -0.2) is 12.8 Å². The molecule has 0 heterocycles. The molecule has 3 aromatic carbocycles. The van der Waals surface area contributed by atoms with Crippen LogP contribution in [0.3, 0.4) is 0 Å². The second-order valence-electron chi connectivity index (χ2n) is 7.58. The fourth-order valence-corrected chi connectivity index (χ4v) is 4.44. The molecule has 2 N–H and O–H groups in total. The fourth-order valence-electron chi connectivity index (χ4n) is 3.09. The summed E-state index contributed by atoms with van der Waals surface area (Å²) >= 11 is 0. The van der Waals surface area contributed by atoms with Crippen LogP contribution in [0.1, 0.15) is 19.4 Å². The Kier molecular flexibility index (Phi) is 7.20. The highest BCUT2D eigenvalue weighted by Gasteiger charge is 2.28. The molecule has 0 aliphatic rings. The normalized spacial score (nSPS) is 12.5. The molecule has 31 heavy (non-hydrogen) atoms. The number of rotatable bonds is 8. The number of carbonyl (C=O) groups is 1. The van der Waals surface area contributed by atoms with Crippen molar-refractivity contribution in [1.29, 1.82) is 0 Å². The summed E-state index contributed by atoms with van der Waals surface area (Å²) in [5.41, 5.74) is 2.47. The van der Waals surface area contributed by atoms with Crippen molar-refractivity contribution in [2.45, 2.75) is 31.3 Å². The first-order chi connectivity index (χ1) is 14.8. The standard InChI is InChI=1S/C24H25FN2O3S/c1-17(2)23(24(28)26-16-18-6-4-3-5-7-18)27-31(29,30)22-14-10-20(11-15-22)19-8-12-21(25)13-9-19/h3-15,17,23,27H,16H2,1-2H3,(H,26,28)/t23-/m0/s1. The second-order valence-corrected chi connectivity index (χ2v) is 9.29. The molecular formula is C24H25FN2O3S. The zero-order valence-corrected chi connectivity index (χ0v) is 18.2. The van der Waals surface area contributed by atoms with E-state index in [0.717, 1.165) is 16.7 Å². The number of nitrogens with one attached hydrogen (secondary N) is 2. The summed E-state index contributed by atoms with van der Waals surface area (Å²) in [7, 11) is -3.91. The maximum Gasteiger partial charge on any atom is 0.241 e. The third-order valence-electron chi connectivity index (χ3n) is 4.88. The van der Waals surface area contributed by atoms with Crippen LogP contribution in [0.5, 0.6) is 0 Å². The molecule has 0 aromatic heterocycles. The van der Waals surface area contributed by atoms with Crippen molar-refractivity contribution in [2.75, 3.05) is 0 Å². The minimum Gasteiger partial charge on any atom is -0.351 e. The van der Waals surface area contributed by atoms with Gasteiger partial charge in [-0.1, -0.05) is 68.4 Å². The van der Waals surface area contributed by atoms with Crippen LogP contribution >= 0.6 is 0 Å². The monoisotopic (exact) mass is 440 g/mol. The van der Waals surface area contributed by atoms with Crippen molar-refractivity contribution in [3.63, 3.8) is 0 Å². The molecule has 0 bridgehead atoms. The van der Waals surface area contributed by atoms with Crippen LogP contribution in [0, 0.1) is 11.7 Å². The summed E-state index contributed by atoms with van der Waals surface area (Å²) in [6, 6.07) is 20.7. The maximum atomic E-state index is 13.1. The molecule has 0 saturated carbocycles. The lowest BCUT2D eigenvalue weighted by atomic mass is 10.0. The molecule has 162 valence electrons. The molecule has 1 amide bonds. The van der Waals surface area contributed by atoms with E-state index in [1.807, 2.05) is 30.3 Å². The van der Waals surface area contributed by atoms with E-state index in [4.69, 9.17) is 0 Å². The van der Waals surface area contributed by atoms with E-state index in [-0.39, 0.29) is 22.5 Å². The molecule has 5 nitrogen and oxygen atoms in total. The number of halogens is 1. The van der Waals surface area contributed by atoms with Crippen LogP contribution < -0.4 is 10.0 Å². The van der Waals surface area contributed by atoms with Crippen molar-refractivity contribution >= 4 is 15.9 Å². The zero-order chi connectivity index (χ0) is 22.4. The van der Waals surface area contributed by atoms with Crippen LogP contribution in [-0.2, 0) is 21.4 Å². The van der Waals surface area contributed by atoms with Crippen molar-refractivity contribution in [2.24, 2.45) is 5.92 Å². The van der Waals surface area contributed by atoms with Crippen molar-refractivity contribution in [3.8, 4) is 11.1 Å². The number of benzene rings is 3. The fraction of sp³-hybridized carbons (Fsp3) is 0.208. The molecular weight excluding hydrogens is 415 g/mol. The Bertz CT molecular complexity index is 1110. The molecule has 3 aromatic rings. The van der Waals surface area contributed by atoms with E-state index in [1.54, 1.807) is 38.1 Å². The van der Waals surface area contributed by atoms with Crippen LogP contribution in [0.15, 0.2) is 83.8 Å². The van der Waals surface area contributed by atoms with Gasteiger partial charge in [0.1, 0.15) is 11.9 Å². The summed E-state index contributed by atoms with van der Waals surface area (Å²) in [6.45, 7) is 3.89. The lowest BCUT2D eigenvalue weighted by molar-refractivity contribution is -0.123. The van der Waals surface area contributed by atoms with E-state index in [2.05, 4.69) is 10.0 Å². The number of carbonyl (C=O) groups excluding carboxylic acids is 1. The van der Waals surface area contributed by atoms with Gasteiger partial charge in [-0.3, -0.25) is 4.79 Å². The van der Waals surface area contributed by atoms with Gasteiger partial charge in [0.05, 0.1) is 4.90 Å². The van der Waals surface area contributed by atoms with Crippen LogP contribution in [0.4, 0.5) is 4.39 Å². The van der Waals surface area contributed by atoms with Crippen LogP contribution in [0.2, 0.25) is 0 Å². The Morgan fingerprint density at radius 3 is 1.97 bits per heavy atom. The van der Waals surface area contributed by atoms with E-state index < -0.39 is 16.1 Å². The molecule has 0 saturated heterocycles. The maximum absolute atomic E-state index is 13.1. The number of hydrogen-bond acceptors (Lipinski definition) is 3. The first kappa shape index (κ1) is 22.7. The van der Waals surface area contributed by atoms with Gasteiger partial charge in [-0.05, 0) is 46.9 Å². The molecule has 0 aliphatic heterocycles. The highest BCUT2D eigenvalue weighted by Crippen LogP contribution is 2.22. The third-order valence-corrected chi connectivity index (χ3v) is 6.34. The average molecular weight is 441 g/mol. The van der Waals surface area contributed by atoms with Crippen molar-refractivity contribution in [3.05, 3.63) is 90.2 Å². The molecule has 0 radical (unpaired) electrons. The third kappa shape index (κ3) is 5.99. The summed E-state index contributed by atoms with van der Waals surface area (Å²) in [5, 5.41) is 2.79. The van der Waals surface area contributed by atoms with Gasteiger partial charge < -0.3 is 5.32 Å². The molecule has 3 rings (SSSR count). The largest absolute Gasteiger partial charge is 0.351 e. The molecule has 7 heteroatoms. The van der Waals surface area contributed by atoms with E-state index in [1.165, 1.54) is 24.3 Å². The summed E-state index contributed by atoms with van der Waals surface area (Å²) < 4.78 is 41.4. The van der Waals surface area contributed by atoms with Gasteiger partial charge in [0, 0.05) is 6.54 Å². The first-order valence-corrected chi connectivity index (χ1v) is 11.4. The SMILES string of the molecule is CC(C)[C@H](NS(=O)(=O)c1ccc(-c2ccc(F)cc2)cc1)C(=O)NCc1ccccc1.